The Morgan fingerprint density at radius 2 is 1.77 bits per heavy atom. The van der Waals surface area contributed by atoms with Gasteiger partial charge in [0, 0.05) is 38.6 Å². The smallest absolute Gasteiger partial charge is 0.260 e. The van der Waals surface area contributed by atoms with Gasteiger partial charge < -0.3 is 14.5 Å². The van der Waals surface area contributed by atoms with Gasteiger partial charge in [-0.3, -0.25) is 14.6 Å². The SMILES string of the molecule is Cc1ccc(OCC(=O)N2CCN(C(=O)c3cccnc3)CC2)cc1C. The van der Waals surface area contributed by atoms with Crippen molar-refractivity contribution in [2.75, 3.05) is 32.8 Å². The molecule has 3 rings (SSSR count). The molecule has 1 saturated heterocycles. The van der Waals surface area contributed by atoms with Crippen LogP contribution in [0.2, 0.25) is 0 Å². The standard InChI is InChI=1S/C20H23N3O3/c1-15-5-6-18(12-16(15)2)26-14-19(24)22-8-10-23(11-9-22)20(25)17-4-3-7-21-13-17/h3-7,12-13H,8-11,14H2,1-2H3. The maximum absolute atomic E-state index is 12.4. The summed E-state index contributed by atoms with van der Waals surface area (Å²) in [6.07, 6.45) is 3.21. The molecule has 0 unspecified atom stereocenters. The minimum absolute atomic E-state index is 0.0129. The van der Waals surface area contributed by atoms with Gasteiger partial charge in [0.05, 0.1) is 5.56 Å². The summed E-state index contributed by atoms with van der Waals surface area (Å²) >= 11 is 0. The highest BCUT2D eigenvalue weighted by Gasteiger charge is 2.25. The Morgan fingerprint density at radius 1 is 1.04 bits per heavy atom. The van der Waals surface area contributed by atoms with Crippen LogP contribution in [0.3, 0.4) is 0 Å². The molecule has 6 heteroatoms. The number of nitrogens with zero attached hydrogens (tertiary/aromatic N) is 3. The summed E-state index contributed by atoms with van der Waals surface area (Å²) in [5, 5.41) is 0. The largest absolute Gasteiger partial charge is 0.484 e. The number of hydrogen-bond donors (Lipinski definition) is 0. The monoisotopic (exact) mass is 353 g/mol. The first-order valence-electron chi connectivity index (χ1n) is 8.72. The van der Waals surface area contributed by atoms with Crippen molar-refractivity contribution in [1.82, 2.24) is 14.8 Å². The molecular weight excluding hydrogens is 330 g/mol. The topological polar surface area (TPSA) is 62.7 Å². The molecule has 26 heavy (non-hydrogen) atoms. The van der Waals surface area contributed by atoms with E-state index in [1.807, 2.05) is 32.0 Å². The van der Waals surface area contributed by atoms with E-state index in [0.717, 1.165) is 5.56 Å². The Bertz CT molecular complexity index is 784. The first-order valence-corrected chi connectivity index (χ1v) is 8.72. The number of hydrogen-bond acceptors (Lipinski definition) is 4. The molecule has 0 aliphatic carbocycles. The Labute approximate surface area is 153 Å². The summed E-state index contributed by atoms with van der Waals surface area (Å²) in [6.45, 7) is 6.13. The van der Waals surface area contributed by atoms with Gasteiger partial charge in [-0.05, 0) is 49.2 Å². The van der Waals surface area contributed by atoms with Crippen LogP contribution in [0.4, 0.5) is 0 Å². The van der Waals surface area contributed by atoms with Gasteiger partial charge in [-0.2, -0.15) is 0 Å². The number of piperazine rings is 1. The fraction of sp³-hybridized carbons (Fsp3) is 0.350. The third-order valence-electron chi connectivity index (χ3n) is 4.67. The quantitative estimate of drug-likeness (QED) is 0.844. The van der Waals surface area contributed by atoms with Gasteiger partial charge in [-0.15, -0.1) is 0 Å². The van der Waals surface area contributed by atoms with Crippen LogP contribution >= 0.6 is 0 Å². The van der Waals surface area contributed by atoms with Crippen LogP contribution in [0.15, 0.2) is 42.7 Å². The van der Waals surface area contributed by atoms with Crippen molar-refractivity contribution in [3.8, 4) is 5.75 Å². The van der Waals surface area contributed by atoms with Crippen LogP contribution in [0.1, 0.15) is 21.5 Å². The lowest BCUT2D eigenvalue weighted by molar-refractivity contribution is -0.134. The number of aryl methyl sites for hydroxylation is 2. The molecule has 1 aliphatic rings. The van der Waals surface area contributed by atoms with E-state index in [-0.39, 0.29) is 18.4 Å². The number of ether oxygens (including phenoxy) is 1. The normalized spacial score (nSPS) is 14.2. The lowest BCUT2D eigenvalue weighted by Crippen LogP contribution is -2.51. The van der Waals surface area contributed by atoms with E-state index in [2.05, 4.69) is 4.98 Å². The van der Waals surface area contributed by atoms with Crippen LogP contribution in [0.5, 0.6) is 5.75 Å². The summed E-state index contributed by atoms with van der Waals surface area (Å²) in [5.41, 5.74) is 2.90. The zero-order valence-corrected chi connectivity index (χ0v) is 15.1. The summed E-state index contributed by atoms with van der Waals surface area (Å²) < 4.78 is 5.62. The van der Waals surface area contributed by atoms with E-state index in [9.17, 15) is 9.59 Å². The third kappa shape index (κ3) is 4.20. The van der Waals surface area contributed by atoms with Gasteiger partial charge >= 0.3 is 0 Å². The molecule has 2 aromatic rings. The van der Waals surface area contributed by atoms with Crippen molar-refractivity contribution in [2.24, 2.45) is 0 Å². The van der Waals surface area contributed by atoms with E-state index in [4.69, 9.17) is 4.74 Å². The number of amides is 2. The van der Waals surface area contributed by atoms with Crippen LogP contribution in [0, 0.1) is 13.8 Å². The van der Waals surface area contributed by atoms with Gasteiger partial charge in [0.1, 0.15) is 5.75 Å². The highest BCUT2D eigenvalue weighted by atomic mass is 16.5. The summed E-state index contributed by atoms with van der Waals surface area (Å²) in [4.78, 5) is 32.2. The van der Waals surface area contributed by atoms with Crippen molar-refractivity contribution in [2.45, 2.75) is 13.8 Å². The molecule has 0 spiro atoms. The fourth-order valence-corrected chi connectivity index (χ4v) is 2.87. The minimum Gasteiger partial charge on any atom is -0.484 e. The molecule has 1 aromatic heterocycles. The summed E-state index contributed by atoms with van der Waals surface area (Å²) in [7, 11) is 0. The highest BCUT2D eigenvalue weighted by Crippen LogP contribution is 2.16. The third-order valence-corrected chi connectivity index (χ3v) is 4.67. The number of aromatic nitrogens is 1. The molecule has 1 fully saturated rings. The van der Waals surface area contributed by atoms with E-state index < -0.39 is 0 Å². The second-order valence-electron chi connectivity index (χ2n) is 6.45. The van der Waals surface area contributed by atoms with Gasteiger partial charge in [-0.1, -0.05) is 6.07 Å². The average Bonchev–Trinajstić information content (AvgIpc) is 2.69. The van der Waals surface area contributed by atoms with Crippen molar-refractivity contribution in [3.63, 3.8) is 0 Å². The molecule has 6 nitrogen and oxygen atoms in total. The molecule has 0 radical (unpaired) electrons. The van der Waals surface area contributed by atoms with Gasteiger partial charge in [0.15, 0.2) is 6.61 Å². The van der Waals surface area contributed by atoms with E-state index in [1.165, 1.54) is 5.56 Å². The highest BCUT2D eigenvalue weighted by molar-refractivity contribution is 5.94. The summed E-state index contributed by atoms with van der Waals surface area (Å²) in [6, 6.07) is 9.30. The van der Waals surface area contributed by atoms with Crippen molar-refractivity contribution in [3.05, 3.63) is 59.4 Å². The predicted molar refractivity (Wildman–Crippen MR) is 98.1 cm³/mol. The molecule has 0 atom stereocenters. The number of benzene rings is 1. The molecule has 1 aromatic carbocycles. The zero-order chi connectivity index (χ0) is 18.5. The Hall–Kier alpha value is -2.89. The molecule has 2 amide bonds. The molecule has 2 heterocycles. The van der Waals surface area contributed by atoms with Crippen LogP contribution < -0.4 is 4.74 Å². The number of rotatable bonds is 4. The maximum atomic E-state index is 12.4. The number of carbonyl (C=O) groups excluding carboxylic acids is 2. The predicted octanol–water partition coefficient (Wildman–Crippen LogP) is 2.06. The minimum atomic E-state index is -0.0586. The maximum Gasteiger partial charge on any atom is 0.260 e. The number of pyridine rings is 1. The van der Waals surface area contributed by atoms with E-state index >= 15 is 0 Å². The van der Waals surface area contributed by atoms with Gasteiger partial charge in [0.2, 0.25) is 0 Å². The molecule has 0 N–H and O–H groups in total. The van der Waals surface area contributed by atoms with Crippen LogP contribution in [-0.2, 0) is 4.79 Å². The second-order valence-corrected chi connectivity index (χ2v) is 6.45. The average molecular weight is 353 g/mol. The molecule has 0 saturated carbocycles. The Morgan fingerprint density at radius 3 is 2.42 bits per heavy atom. The Kier molecular flexibility index (Phi) is 5.51. The van der Waals surface area contributed by atoms with Gasteiger partial charge in [0.25, 0.3) is 11.8 Å². The van der Waals surface area contributed by atoms with Gasteiger partial charge in [-0.25, -0.2) is 0 Å². The first-order chi connectivity index (χ1) is 12.5. The van der Waals surface area contributed by atoms with Crippen LogP contribution in [0.25, 0.3) is 0 Å². The molecular formula is C20H23N3O3. The Balaban J connectivity index is 1.49. The number of carbonyl (C=O) groups is 2. The lowest BCUT2D eigenvalue weighted by atomic mass is 10.1. The second kappa shape index (κ2) is 7.99. The van der Waals surface area contributed by atoms with Crippen molar-refractivity contribution < 1.29 is 14.3 Å². The molecule has 136 valence electrons. The van der Waals surface area contributed by atoms with E-state index in [1.54, 1.807) is 34.3 Å². The van der Waals surface area contributed by atoms with Crippen LogP contribution in [-0.4, -0.2) is 59.4 Å². The van der Waals surface area contributed by atoms with E-state index in [0.29, 0.717) is 37.5 Å². The van der Waals surface area contributed by atoms with Crippen molar-refractivity contribution in [1.29, 1.82) is 0 Å². The summed E-state index contributed by atoms with van der Waals surface area (Å²) in [5.74, 6) is 0.597. The zero-order valence-electron chi connectivity index (χ0n) is 15.1. The van der Waals surface area contributed by atoms with Crippen molar-refractivity contribution >= 4 is 11.8 Å². The first kappa shape index (κ1) is 17.9. The molecule has 0 bridgehead atoms. The fourth-order valence-electron chi connectivity index (χ4n) is 2.87. The molecule has 1 aliphatic heterocycles. The lowest BCUT2D eigenvalue weighted by Gasteiger charge is -2.34.